The fourth-order valence-electron chi connectivity index (χ4n) is 2.58. The number of likely N-dealkylation sites (tertiary alicyclic amines) is 1. The highest BCUT2D eigenvalue weighted by Crippen LogP contribution is 2.10. The van der Waals surface area contributed by atoms with E-state index in [0.29, 0.717) is 11.8 Å². The standard InChI is InChI=1S/C14H31N3/c1-12(2)14(8-15)10-16-9-13(3)11-17-6-4-5-7-17/h12-14,16H,4-11,15H2,1-3H3. The van der Waals surface area contributed by atoms with Gasteiger partial charge >= 0.3 is 0 Å². The number of nitrogens with one attached hydrogen (secondary N) is 1. The summed E-state index contributed by atoms with van der Waals surface area (Å²) in [5.41, 5.74) is 5.77. The van der Waals surface area contributed by atoms with Crippen LogP contribution in [-0.4, -0.2) is 44.2 Å². The van der Waals surface area contributed by atoms with Gasteiger partial charge in [-0.25, -0.2) is 0 Å². The summed E-state index contributed by atoms with van der Waals surface area (Å²) in [7, 11) is 0. The first-order valence-electron chi connectivity index (χ1n) is 7.26. The topological polar surface area (TPSA) is 41.3 Å². The van der Waals surface area contributed by atoms with Crippen LogP contribution in [-0.2, 0) is 0 Å². The van der Waals surface area contributed by atoms with E-state index in [-0.39, 0.29) is 0 Å². The molecule has 3 N–H and O–H groups in total. The quantitative estimate of drug-likeness (QED) is 0.677. The summed E-state index contributed by atoms with van der Waals surface area (Å²) in [6.07, 6.45) is 2.78. The van der Waals surface area contributed by atoms with Crippen molar-refractivity contribution in [1.82, 2.24) is 10.2 Å². The Morgan fingerprint density at radius 1 is 1.12 bits per heavy atom. The van der Waals surface area contributed by atoms with Crippen molar-refractivity contribution in [3.8, 4) is 0 Å². The van der Waals surface area contributed by atoms with Crippen molar-refractivity contribution in [3.05, 3.63) is 0 Å². The number of hydrogen-bond acceptors (Lipinski definition) is 3. The molecular formula is C14H31N3. The molecule has 0 spiro atoms. The Balaban J connectivity index is 2.08. The first-order chi connectivity index (χ1) is 8.13. The van der Waals surface area contributed by atoms with Gasteiger partial charge < -0.3 is 16.0 Å². The maximum atomic E-state index is 5.77. The maximum Gasteiger partial charge on any atom is 0.00191 e. The monoisotopic (exact) mass is 241 g/mol. The van der Waals surface area contributed by atoms with Gasteiger partial charge in [0.1, 0.15) is 0 Å². The van der Waals surface area contributed by atoms with E-state index in [9.17, 15) is 0 Å². The van der Waals surface area contributed by atoms with Gasteiger partial charge in [0, 0.05) is 6.54 Å². The Hall–Kier alpha value is -0.120. The van der Waals surface area contributed by atoms with E-state index in [1.54, 1.807) is 0 Å². The number of hydrogen-bond donors (Lipinski definition) is 2. The summed E-state index contributed by atoms with van der Waals surface area (Å²) in [6, 6.07) is 0. The minimum absolute atomic E-state index is 0.619. The predicted octanol–water partition coefficient (Wildman–Crippen LogP) is 1.54. The molecule has 0 saturated carbocycles. The van der Waals surface area contributed by atoms with Gasteiger partial charge in [0.25, 0.3) is 0 Å². The zero-order valence-electron chi connectivity index (χ0n) is 11.9. The molecule has 1 heterocycles. The van der Waals surface area contributed by atoms with Gasteiger partial charge in [-0.15, -0.1) is 0 Å². The average molecular weight is 241 g/mol. The van der Waals surface area contributed by atoms with E-state index < -0.39 is 0 Å². The largest absolute Gasteiger partial charge is 0.330 e. The van der Waals surface area contributed by atoms with Crippen molar-refractivity contribution >= 4 is 0 Å². The third-order valence-corrected chi connectivity index (χ3v) is 3.91. The van der Waals surface area contributed by atoms with E-state index in [0.717, 1.165) is 25.6 Å². The van der Waals surface area contributed by atoms with Gasteiger partial charge in [-0.1, -0.05) is 20.8 Å². The second-order valence-electron chi connectivity index (χ2n) is 6.01. The summed E-state index contributed by atoms with van der Waals surface area (Å²) >= 11 is 0. The zero-order valence-corrected chi connectivity index (χ0v) is 11.9. The van der Waals surface area contributed by atoms with Gasteiger partial charge in [-0.05, 0) is 63.3 Å². The molecule has 0 amide bonds. The van der Waals surface area contributed by atoms with Gasteiger partial charge in [0.05, 0.1) is 0 Å². The molecule has 17 heavy (non-hydrogen) atoms. The molecule has 0 aromatic rings. The van der Waals surface area contributed by atoms with Gasteiger partial charge in [-0.3, -0.25) is 0 Å². The van der Waals surface area contributed by atoms with Crippen LogP contribution in [0.5, 0.6) is 0 Å². The van der Waals surface area contributed by atoms with E-state index in [1.165, 1.54) is 32.5 Å². The second-order valence-corrected chi connectivity index (χ2v) is 6.01. The molecule has 2 atom stereocenters. The minimum atomic E-state index is 0.619. The van der Waals surface area contributed by atoms with Crippen LogP contribution < -0.4 is 11.1 Å². The fourth-order valence-corrected chi connectivity index (χ4v) is 2.58. The molecule has 1 saturated heterocycles. The smallest absolute Gasteiger partial charge is 0.00191 e. The predicted molar refractivity (Wildman–Crippen MR) is 75.1 cm³/mol. The number of rotatable bonds is 8. The molecule has 1 fully saturated rings. The molecule has 3 heteroatoms. The minimum Gasteiger partial charge on any atom is -0.330 e. The van der Waals surface area contributed by atoms with Crippen molar-refractivity contribution in [1.29, 1.82) is 0 Å². The molecule has 0 radical (unpaired) electrons. The lowest BCUT2D eigenvalue weighted by molar-refractivity contribution is 0.276. The maximum absolute atomic E-state index is 5.77. The molecule has 2 unspecified atom stereocenters. The summed E-state index contributed by atoms with van der Waals surface area (Å²) in [5.74, 6) is 2.05. The third kappa shape index (κ3) is 5.84. The van der Waals surface area contributed by atoms with Gasteiger partial charge in [-0.2, -0.15) is 0 Å². The van der Waals surface area contributed by atoms with Crippen molar-refractivity contribution in [2.75, 3.05) is 39.3 Å². The molecule has 1 rings (SSSR count). The molecule has 3 nitrogen and oxygen atoms in total. The molecule has 0 aliphatic carbocycles. The average Bonchev–Trinajstić information content (AvgIpc) is 2.76. The number of nitrogens with zero attached hydrogens (tertiary/aromatic N) is 1. The van der Waals surface area contributed by atoms with E-state index in [1.807, 2.05) is 0 Å². The molecule has 1 aliphatic rings. The summed E-state index contributed by atoms with van der Waals surface area (Å²) in [5, 5.41) is 3.58. The second kappa shape index (κ2) is 8.06. The lowest BCUT2D eigenvalue weighted by Gasteiger charge is -2.23. The van der Waals surface area contributed by atoms with E-state index >= 15 is 0 Å². The van der Waals surface area contributed by atoms with Crippen molar-refractivity contribution in [2.24, 2.45) is 23.5 Å². The highest BCUT2D eigenvalue weighted by atomic mass is 15.1. The van der Waals surface area contributed by atoms with Crippen molar-refractivity contribution in [3.63, 3.8) is 0 Å². The van der Waals surface area contributed by atoms with Crippen LogP contribution in [0.15, 0.2) is 0 Å². The SMILES string of the molecule is CC(CNCC(CN)C(C)C)CN1CCCC1. The van der Waals surface area contributed by atoms with Crippen LogP contribution in [0.2, 0.25) is 0 Å². The summed E-state index contributed by atoms with van der Waals surface area (Å²) in [6.45, 7) is 13.7. The molecule has 102 valence electrons. The van der Waals surface area contributed by atoms with Crippen LogP contribution in [0.4, 0.5) is 0 Å². The first kappa shape index (κ1) is 14.9. The molecule has 1 aliphatic heterocycles. The molecule has 0 bridgehead atoms. The van der Waals surface area contributed by atoms with Crippen LogP contribution in [0.3, 0.4) is 0 Å². The van der Waals surface area contributed by atoms with E-state index in [4.69, 9.17) is 5.73 Å². The molecular weight excluding hydrogens is 210 g/mol. The summed E-state index contributed by atoms with van der Waals surface area (Å²) < 4.78 is 0. The normalized spacial score (nSPS) is 21.0. The lowest BCUT2D eigenvalue weighted by Crippen LogP contribution is -2.36. The first-order valence-corrected chi connectivity index (χ1v) is 7.26. The molecule has 0 aromatic carbocycles. The highest BCUT2D eigenvalue weighted by molar-refractivity contribution is 4.72. The summed E-state index contributed by atoms with van der Waals surface area (Å²) in [4.78, 5) is 2.59. The van der Waals surface area contributed by atoms with Crippen LogP contribution >= 0.6 is 0 Å². The van der Waals surface area contributed by atoms with E-state index in [2.05, 4.69) is 31.0 Å². The Bertz CT molecular complexity index is 188. The van der Waals surface area contributed by atoms with Crippen LogP contribution in [0.1, 0.15) is 33.6 Å². The Labute approximate surface area is 107 Å². The molecule has 0 aromatic heterocycles. The Morgan fingerprint density at radius 3 is 2.29 bits per heavy atom. The van der Waals surface area contributed by atoms with Crippen LogP contribution in [0, 0.1) is 17.8 Å². The fraction of sp³-hybridized carbons (Fsp3) is 1.00. The lowest BCUT2D eigenvalue weighted by atomic mass is 9.96. The number of nitrogens with two attached hydrogens (primary N) is 1. The van der Waals surface area contributed by atoms with Gasteiger partial charge in [0.15, 0.2) is 0 Å². The Morgan fingerprint density at radius 2 is 1.76 bits per heavy atom. The van der Waals surface area contributed by atoms with Crippen molar-refractivity contribution in [2.45, 2.75) is 33.6 Å². The zero-order chi connectivity index (χ0) is 12.7. The van der Waals surface area contributed by atoms with Gasteiger partial charge in [0.2, 0.25) is 0 Å². The Kier molecular flexibility index (Phi) is 7.09. The van der Waals surface area contributed by atoms with Crippen LogP contribution in [0.25, 0.3) is 0 Å². The van der Waals surface area contributed by atoms with Crippen molar-refractivity contribution < 1.29 is 0 Å². The third-order valence-electron chi connectivity index (χ3n) is 3.91. The highest BCUT2D eigenvalue weighted by Gasteiger charge is 2.15.